The van der Waals surface area contributed by atoms with Crippen molar-refractivity contribution in [3.63, 3.8) is 0 Å². The van der Waals surface area contributed by atoms with Crippen LogP contribution in [0.3, 0.4) is 0 Å². The molecule has 1 N–H and O–H groups in total. The van der Waals surface area contributed by atoms with Gasteiger partial charge in [-0.3, -0.25) is 9.69 Å². The Morgan fingerprint density at radius 1 is 1.55 bits per heavy atom. The van der Waals surface area contributed by atoms with Crippen LogP contribution in [0.15, 0.2) is 47.5 Å². The third kappa shape index (κ3) is 3.68. The number of likely N-dealkylation sites (N-methyl/N-ethyl adjacent to an activating group) is 1. The molecule has 6 heteroatoms. The Hall–Kier alpha value is -1.66. The minimum Gasteiger partial charge on any atom is -0.480 e. The van der Waals surface area contributed by atoms with Crippen LogP contribution >= 0.6 is 15.9 Å². The van der Waals surface area contributed by atoms with Gasteiger partial charge in [0.25, 0.3) is 0 Å². The summed E-state index contributed by atoms with van der Waals surface area (Å²) in [5.41, 5.74) is 0.764. The zero-order valence-corrected chi connectivity index (χ0v) is 12.7. The van der Waals surface area contributed by atoms with Crippen LogP contribution in [-0.2, 0) is 11.3 Å². The smallest absolute Gasteiger partial charge is 0.325 e. The summed E-state index contributed by atoms with van der Waals surface area (Å²) < 4.78 is 2.81. The van der Waals surface area contributed by atoms with Crippen molar-refractivity contribution in [3.8, 4) is 0 Å². The van der Waals surface area contributed by atoms with Crippen LogP contribution in [0.25, 0.3) is 0 Å². The van der Waals surface area contributed by atoms with Gasteiger partial charge in [-0.2, -0.15) is 0 Å². The van der Waals surface area contributed by atoms with E-state index in [2.05, 4.69) is 20.9 Å². The number of hydrogen-bond donors (Lipinski definition) is 1. The topological polar surface area (TPSA) is 58.4 Å². The Kier molecular flexibility index (Phi) is 4.92. The molecule has 0 radical (unpaired) electrons. The minimum atomic E-state index is -0.851. The van der Waals surface area contributed by atoms with Gasteiger partial charge in [-0.15, -0.1) is 0 Å². The van der Waals surface area contributed by atoms with Crippen LogP contribution in [0.2, 0.25) is 0 Å². The van der Waals surface area contributed by atoms with Gasteiger partial charge in [0.2, 0.25) is 0 Å². The van der Waals surface area contributed by atoms with Crippen LogP contribution in [0, 0.1) is 0 Å². The number of aromatic nitrogens is 2. The lowest BCUT2D eigenvalue weighted by Crippen LogP contribution is -2.33. The van der Waals surface area contributed by atoms with Crippen molar-refractivity contribution in [2.75, 3.05) is 13.6 Å². The van der Waals surface area contributed by atoms with Crippen LogP contribution in [0.5, 0.6) is 0 Å². The van der Waals surface area contributed by atoms with Gasteiger partial charge in [0.15, 0.2) is 0 Å². The first-order chi connectivity index (χ1) is 9.58. The molecule has 5 nitrogen and oxygen atoms in total. The molecule has 2 rings (SSSR count). The first-order valence-electron chi connectivity index (χ1n) is 6.22. The van der Waals surface area contributed by atoms with E-state index in [9.17, 15) is 9.90 Å². The lowest BCUT2D eigenvalue weighted by atomic mass is 10.1. The van der Waals surface area contributed by atoms with Gasteiger partial charge in [0.1, 0.15) is 6.04 Å². The summed E-state index contributed by atoms with van der Waals surface area (Å²) >= 11 is 3.38. The van der Waals surface area contributed by atoms with Gasteiger partial charge < -0.3 is 9.67 Å². The highest BCUT2D eigenvalue weighted by Gasteiger charge is 2.24. The molecule has 0 aliphatic rings. The molecule has 0 spiro atoms. The number of rotatable bonds is 6. The van der Waals surface area contributed by atoms with E-state index in [1.807, 2.05) is 47.0 Å². The molecule has 1 heterocycles. The van der Waals surface area contributed by atoms with Gasteiger partial charge in [-0.25, -0.2) is 4.98 Å². The monoisotopic (exact) mass is 337 g/mol. The number of nitrogens with zero attached hydrogens (tertiary/aromatic N) is 3. The van der Waals surface area contributed by atoms with Crippen molar-refractivity contribution in [1.29, 1.82) is 0 Å². The molecule has 20 heavy (non-hydrogen) atoms. The first kappa shape index (κ1) is 14.7. The van der Waals surface area contributed by atoms with Gasteiger partial charge in [-0.05, 0) is 24.7 Å². The fourth-order valence-electron chi connectivity index (χ4n) is 2.08. The predicted molar refractivity (Wildman–Crippen MR) is 79.4 cm³/mol. The summed E-state index contributed by atoms with van der Waals surface area (Å²) in [4.78, 5) is 17.3. The Labute approximate surface area is 126 Å². The molecule has 0 saturated heterocycles. The summed E-state index contributed by atoms with van der Waals surface area (Å²) in [5.74, 6) is -0.851. The molecule has 106 valence electrons. The second kappa shape index (κ2) is 6.67. The fraction of sp³-hybridized carbons (Fsp3) is 0.286. The molecule has 0 aliphatic carbocycles. The van der Waals surface area contributed by atoms with Crippen LogP contribution in [-0.4, -0.2) is 39.1 Å². The Balaban J connectivity index is 2.10. The van der Waals surface area contributed by atoms with Crippen molar-refractivity contribution < 1.29 is 9.90 Å². The zero-order chi connectivity index (χ0) is 14.5. The van der Waals surface area contributed by atoms with Gasteiger partial charge in [-0.1, -0.05) is 28.1 Å². The molecule has 0 saturated carbocycles. The average molecular weight is 338 g/mol. The molecular formula is C14H16BrN3O2. The molecule has 0 bridgehead atoms. The van der Waals surface area contributed by atoms with Crippen molar-refractivity contribution in [2.45, 2.75) is 12.6 Å². The summed E-state index contributed by atoms with van der Waals surface area (Å²) in [6, 6.07) is 6.74. The van der Waals surface area contributed by atoms with Gasteiger partial charge >= 0.3 is 5.97 Å². The second-order valence-electron chi connectivity index (χ2n) is 4.58. The fourth-order valence-corrected chi connectivity index (χ4v) is 2.50. The maximum absolute atomic E-state index is 11.5. The van der Waals surface area contributed by atoms with E-state index in [-0.39, 0.29) is 0 Å². The molecule has 1 atom stereocenters. The number of imidazole rings is 1. The first-order valence-corrected chi connectivity index (χ1v) is 7.01. The van der Waals surface area contributed by atoms with Crippen molar-refractivity contribution >= 4 is 21.9 Å². The summed E-state index contributed by atoms with van der Waals surface area (Å²) in [7, 11) is 1.82. The molecule has 1 unspecified atom stereocenters. The third-order valence-electron chi connectivity index (χ3n) is 3.11. The lowest BCUT2D eigenvalue weighted by molar-refractivity contribution is -0.143. The number of carboxylic acid groups (broad SMARTS) is 1. The predicted octanol–water partition coefficient (Wildman–Crippen LogP) is 2.40. The van der Waals surface area contributed by atoms with Crippen molar-refractivity contribution in [3.05, 3.63) is 53.0 Å². The average Bonchev–Trinajstić information content (AvgIpc) is 2.89. The standard InChI is InChI=1S/C14H16BrN3O2/c1-17(7-8-18-6-5-16-10-18)13(14(19)20)11-3-2-4-12(15)9-11/h2-6,9-10,13H,7-8H2,1H3,(H,19,20). The van der Waals surface area contributed by atoms with E-state index in [1.165, 1.54) is 0 Å². The quantitative estimate of drug-likeness (QED) is 0.879. The van der Waals surface area contributed by atoms with E-state index >= 15 is 0 Å². The van der Waals surface area contributed by atoms with Gasteiger partial charge in [0, 0.05) is 30.0 Å². The van der Waals surface area contributed by atoms with Crippen molar-refractivity contribution in [1.82, 2.24) is 14.5 Å². The summed E-state index contributed by atoms with van der Waals surface area (Å²) in [6.07, 6.45) is 5.30. The maximum Gasteiger partial charge on any atom is 0.325 e. The van der Waals surface area contributed by atoms with E-state index in [1.54, 1.807) is 12.5 Å². The van der Waals surface area contributed by atoms with E-state index in [0.29, 0.717) is 13.1 Å². The number of hydrogen-bond acceptors (Lipinski definition) is 3. The number of carboxylic acids is 1. The van der Waals surface area contributed by atoms with E-state index in [0.717, 1.165) is 10.0 Å². The summed E-state index contributed by atoms with van der Waals surface area (Å²) in [5, 5.41) is 9.47. The van der Waals surface area contributed by atoms with Crippen LogP contribution in [0.4, 0.5) is 0 Å². The Bertz CT molecular complexity index is 572. The van der Waals surface area contributed by atoms with Crippen LogP contribution < -0.4 is 0 Å². The number of benzene rings is 1. The largest absolute Gasteiger partial charge is 0.480 e. The SMILES string of the molecule is CN(CCn1ccnc1)C(C(=O)O)c1cccc(Br)c1. The normalized spacial score (nSPS) is 12.6. The highest BCUT2D eigenvalue weighted by Crippen LogP contribution is 2.23. The second-order valence-corrected chi connectivity index (χ2v) is 5.49. The molecule has 0 aliphatic heterocycles. The molecular weight excluding hydrogens is 322 g/mol. The highest BCUT2D eigenvalue weighted by molar-refractivity contribution is 9.10. The molecule has 0 amide bonds. The lowest BCUT2D eigenvalue weighted by Gasteiger charge is -2.25. The van der Waals surface area contributed by atoms with E-state index in [4.69, 9.17) is 0 Å². The Morgan fingerprint density at radius 3 is 2.95 bits per heavy atom. The Morgan fingerprint density at radius 2 is 2.35 bits per heavy atom. The van der Waals surface area contributed by atoms with E-state index < -0.39 is 12.0 Å². The number of aliphatic carboxylic acids is 1. The summed E-state index contributed by atoms with van der Waals surface area (Å²) in [6.45, 7) is 1.33. The highest BCUT2D eigenvalue weighted by atomic mass is 79.9. The van der Waals surface area contributed by atoms with Crippen molar-refractivity contribution in [2.24, 2.45) is 0 Å². The third-order valence-corrected chi connectivity index (χ3v) is 3.60. The molecule has 1 aromatic heterocycles. The zero-order valence-electron chi connectivity index (χ0n) is 11.1. The number of carbonyl (C=O) groups is 1. The maximum atomic E-state index is 11.5. The van der Waals surface area contributed by atoms with Gasteiger partial charge in [0.05, 0.1) is 6.33 Å². The molecule has 2 aromatic rings. The molecule has 0 fully saturated rings. The molecule has 1 aromatic carbocycles. The van der Waals surface area contributed by atoms with Crippen LogP contribution in [0.1, 0.15) is 11.6 Å². The number of halogens is 1. The minimum absolute atomic E-state index is 0.625.